The van der Waals surface area contributed by atoms with Gasteiger partial charge in [-0.3, -0.25) is 14.5 Å². The summed E-state index contributed by atoms with van der Waals surface area (Å²) in [6.45, 7) is 4.19. The van der Waals surface area contributed by atoms with E-state index in [0.717, 1.165) is 22.5 Å². The lowest BCUT2D eigenvalue weighted by Gasteiger charge is -2.37. The quantitative estimate of drug-likeness (QED) is 0.395. The van der Waals surface area contributed by atoms with Gasteiger partial charge in [-0.25, -0.2) is 0 Å². The standard InChI is InChI=1S/C31H31ClN2O4/c1-31(2)17-24-29(26(35)18-31)30(22-14-13-21(37-3)16-27(22)38-4)34(25-8-6-5-7-23(25)33-24)28(36)15-19-9-11-20(32)12-10-19/h5-14,16,30,33H,15,17-18H2,1-4H3/t30-/m0/s1. The van der Waals surface area contributed by atoms with Gasteiger partial charge in [-0.1, -0.05) is 49.7 Å². The topological polar surface area (TPSA) is 67.9 Å². The van der Waals surface area contributed by atoms with Crippen LogP contribution in [-0.4, -0.2) is 25.9 Å². The fraction of sp³-hybridized carbons (Fsp3) is 0.290. The monoisotopic (exact) mass is 530 g/mol. The van der Waals surface area contributed by atoms with Crippen LogP contribution in [0.2, 0.25) is 5.02 Å². The molecule has 3 aromatic rings. The summed E-state index contributed by atoms with van der Waals surface area (Å²) >= 11 is 6.09. The zero-order chi connectivity index (χ0) is 27.0. The highest BCUT2D eigenvalue weighted by atomic mass is 35.5. The summed E-state index contributed by atoms with van der Waals surface area (Å²) < 4.78 is 11.2. The van der Waals surface area contributed by atoms with Gasteiger partial charge in [-0.2, -0.15) is 0 Å². The Bertz CT molecular complexity index is 1430. The Morgan fingerprint density at radius 3 is 2.47 bits per heavy atom. The zero-order valence-corrected chi connectivity index (χ0v) is 22.8. The Morgan fingerprint density at radius 2 is 1.76 bits per heavy atom. The van der Waals surface area contributed by atoms with Gasteiger partial charge in [0.05, 0.1) is 38.1 Å². The first kappa shape index (κ1) is 25.9. The van der Waals surface area contributed by atoms with Crippen LogP contribution < -0.4 is 19.7 Å². The molecule has 1 amide bonds. The number of amides is 1. The molecule has 5 rings (SSSR count). The number of nitrogens with one attached hydrogen (secondary N) is 1. The molecule has 3 aromatic carbocycles. The van der Waals surface area contributed by atoms with Gasteiger partial charge in [0, 0.05) is 34.3 Å². The maximum Gasteiger partial charge on any atom is 0.232 e. The third-order valence-electron chi connectivity index (χ3n) is 7.17. The zero-order valence-electron chi connectivity index (χ0n) is 22.0. The average molecular weight is 531 g/mol. The number of fused-ring (bicyclic) bond motifs is 1. The molecule has 1 atom stereocenters. The summed E-state index contributed by atoms with van der Waals surface area (Å²) in [4.78, 5) is 29.9. The van der Waals surface area contributed by atoms with Crippen molar-refractivity contribution in [1.82, 2.24) is 0 Å². The van der Waals surface area contributed by atoms with Gasteiger partial charge in [0.1, 0.15) is 11.5 Å². The number of ether oxygens (including phenoxy) is 2. The third-order valence-corrected chi connectivity index (χ3v) is 7.43. The lowest BCUT2D eigenvalue weighted by atomic mass is 9.73. The van der Waals surface area contributed by atoms with Crippen LogP contribution in [-0.2, 0) is 16.0 Å². The van der Waals surface area contributed by atoms with E-state index in [1.807, 2.05) is 48.5 Å². The Kier molecular flexibility index (Phi) is 6.93. The highest BCUT2D eigenvalue weighted by Crippen LogP contribution is 2.50. The minimum atomic E-state index is -0.689. The van der Waals surface area contributed by atoms with E-state index in [2.05, 4.69) is 19.2 Å². The van der Waals surface area contributed by atoms with Gasteiger partial charge in [-0.15, -0.1) is 0 Å². The largest absolute Gasteiger partial charge is 0.497 e. The van der Waals surface area contributed by atoms with E-state index in [0.29, 0.717) is 40.6 Å². The Balaban J connectivity index is 1.75. The average Bonchev–Trinajstić information content (AvgIpc) is 3.03. The number of halogens is 1. The lowest BCUT2D eigenvalue weighted by molar-refractivity contribution is -0.119. The van der Waals surface area contributed by atoms with Crippen molar-refractivity contribution in [1.29, 1.82) is 0 Å². The highest BCUT2D eigenvalue weighted by molar-refractivity contribution is 6.30. The number of Topliss-reactive ketones (excluding diaryl/α,β-unsaturated/α-hetero) is 1. The van der Waals surface area contributed by atoms with Crippen molar-refractivity contribution in [2.75, 3.05) is 24.4 Å². The van der Waals surface area contributed by atoms with Crippen LogP contribution in [0, 0.1) is 5.41 Å². The summed E-state index contributed by atoms with van der Waals surface area (Å²) in [5.74, 6) is 1.05. The summed E-state index contributed by atoms with van der Waals surface area (Å²) in [5.41, 5.74) is 4.25. The predicted octanol–water partition coefficient (Wildman–Crippen LogP) is 6.74. The molecule has 0 unspecified atom stereocenters. The van der Waals surface area contributed by atoms with E-state index in [1.54, 1.807) is 37.3 Å². The van der Waals surface area contributed by atoms with E-state index in [-0.39, 0.29) is 23.5 Å². The minimum absolute atomic E-state index is 0.0173. The fourth-order valence-electron chi connectivity index (χ4n) is 5.46. The molecule has 2 aliphatic rings. The van der Waals surface area contributed by atoms with Crippen molar-refractivity contribution in [2.24, 2.45) is 5.41 Å². The van der Waals surface area contributed by atoms with E-state index in [1.165, 1.54) is 0 Å². The number of benzene rings is 3. The SMILES string of the molecule is COc1ccc([C@H]2C3=C(CC(C)(C)CC3=O)Nc3ccccc3N2C(=O)Cc2ccc(Cl)cc2)c(OC)c1. The molecule has 0 saturated heterocycles. The molecule has 196 valence electrons. The third kappa shape index (κ3) is 4.88. The number of hydrogen-bond acceptors (Lipinski definition) is 5. The maximum absolute atomic E-state index is 14.2. The van der Waals surface area contributed by atoms with Crippen molar-refractivity contribution in [3.8, 4) is 11.5 Å². The minimum Gasteiger partial charge on any atom is -0.497 e. The first-order chi connectivity index (χ1) is 18.2. The fourth-order valence-corrected chi connectivity index (χ4v) is 5.59. The Labute approximate surface area is 228 Å². The maximum atomic E-state index is 14.2. The first-order valence-electron chi connectivity index (χ1n) is 12.6. The number of ketones is 1. The van der Waals surface area contributed by atoms with Crippen molar-refractivity contribution in [3.63, 3.8) is 0 Å². The van der Waals surface area contributed by atoms with Crippen LogP contribution in [0.4, 0.5) is 11.4 Å². The first-order valence-corrected chi connectivity index (χ1v) is 13.0. The molecule has 0 spiro atoms. The summed E-state index contributed by atoms with van der Waals surface area (Å²) in [5, 5.41) is 4.15. The van der Waals surface area contributed by atoms with Crippen molar-refractivity contribution >= 4 is 34.7 Å². The summed E-state index contributed by atoms with van der Waals surface area (Å²) in [6, 6.07) is 19.8. The van der Waals surface area contributed by atoms with E-state index >= 15 is 0 Å². The Hall–Kier alpha value is -3.77. The number of nitrogens with zero attached hydrogens (tertiary/aromatic N) is 1. The number of methoxy groups -OCH3 is 2. The Morgan fingerprint density at radius 1 is 1.03 bits per heavy atom. The molecule has 0 radical (unpaired) electrons. The van der Waals surface area contributed by atoms with Gasteiger partial charge in [0.25, 0.3) is 0 Å². The van der Waals surface area contributed by atoms with Gasteiger partial charge >= 0.3 is 0 Å². The molecule has 1 aliphatic heterocycles. The molecule has 1 aliphatic carbocycles. The smallest absolute Gasteiger partial charge is 0.232 e. The van der Waals surface area contributed by atoms with Gasteiger partial charge in [-0.05, 0) is 53.8 Å². The summed E-state index contributed by atoms with van der Waals surface area (Å²) in [7, 11) is 3.18. The molecular weight excluding hydrogens is 500 g/mol. The molecular formula is C31H31ClN2O4. The van der Waals surface area contributed by atoms with E-state index in [9.17, 15) is 9.59 Å². The van der Waals surface area contributed by atoms with Crippen LogP contribution in [0.5, 0.6) is 11.5 Å². The number of hydrogen-bond donors (Lipinski definition) is 1. The molecule has 0 bridgehead atoms. The molecule has 7 heteroatoms. The molecule has 6 nitrogen and oxygen atoms in total. The lowest BCUT2D eigenvalue weighted by Crippen LogP contribution is -2.40. The number of carbonyl (C=O) groups excluding carboxylic acids is 2. The second-order valence-corrected chi connectivity index (χ2v) is 11.0. The predicted molar refractivity (Wildman–Crippen MR) is 150 cm³/mol. The van der Waals surface area contributed by atoms with Crippen LogP contribution in [0.3, 0.4) is 0 Å². The van der Waals surface area contributed by atoms with Gasteiger partial charge in [0.15, 0.2) is 5.78 Å². The second kappa shape index (κ2) is 10.2. The van der Waals surface area contributed by atoms with Gasteiger partial charge in [0.2, 0.25) is 5.91 Å². The van der Waals surface area contributed by atoms with Crippen LogP contribution in [0.15, 0.2) is 78.0 Å². The van der Waals surface area contributed by atoms with Crippen molar-refractivity contribution in [2.45, 2.75) is 39.2 Å². The van der Waals surface area contributed by atoms with Crippen LogP contribution >= 0.6 is 11.6 Å². The number of para-hydroxylation sites is 2. The normalized spacial score (nSPS) is 18.2. The number of allylic oxidation sites excluding steroid dienone is 1. The molecule has 0 saturated carbocycles. The summed E-state index contributed by atoms with van der Waals surface area (Å²) in [6.07, 6.45) is 1.21. The second-order valence-electron chi connectivity index (χ2n) is 10.6. The number of anilines is 2. The van der Waals surface area contributed by atoms with E-state index < -0.39 is 6.04 Å². The van der Waals surface area contributed by atoms with Crippen molar-refractivity contribution < 1.29 is 19.1 Å². The van der Waals surface area contributed by atoms with E-state index in [4.69, 9.17) is 21.1 Å². The molecule has 1 N–H and O–H groups in total. The molecule has 1 heterocycles. The highest BCUT2D eigenvalue weighted by Gasteiger charge is 2.44. The molecule has 38 heavy (non-hydrogen) atoms. The van der Waals surface area contributed by atoms with Gasteiger partial charge < -0.3 is 14.8 Å². The number of rotatable bonds is 5. The molecule has 0 aromatic heterocycles. The molecule has 0 fully saturated rings. The number of carbonyl (C=O) groups is 2. The van der Waals surface area contributed by atoms with Crippen molar-refractivity contribution in [3.05, 3.63) is 94.1 Å². The van der Waals surface area contributed by atoms with Crippen LogP contribution in [0.1, 0.15) is 43.9 Å². The van der Waals surface area contributed by atoms with Crippen LogP contribution in [0.25, 0.3) is 0 Å².